The van der Waals surface area contributed by atoms with Crippen LogP contribution in [0.15, 0.2) is 0 Å². The molecule has 0 amide bonds. The van der Waals surface area contributed by atoms with E-state index in [0.29, 0.717) is 0 Å². The minimum Gasteiger partial charge on any atom is -0.303 e. The molecular weight excluding hydrogens is 170 g/mol. The molecule has 0 aromatic rings. The first-order valence-electron chi connectivity index (χ1n) is 6.46. The van der Waals surface area contributed by atoms with Gasteiger partial charge in [0.15, 0.2) is 0 Å². The fourth-order valence-electron chi connectivity index (χ4n) is 2.76. The van der Waals surface area contributed by atoms with Gasteiger partial charge in [-0.25, -0.2) is 0 Å². The molecule has 0 aromatic heterocycles. The van der Waals surface area contributed by atoms with E-state index in [0.717, 1.165) is 17.8 Å². The molecule has 0 unspecified atom stereocenters. The number of rotatable bonds is 5. The van der Waals surface area contributed by atoms with Gasteiger partial charge in [-0.1, -0.05) is 26.7 Å². The lowest BCUT2D eigenvalue weighted by molar-refractivity contribution is 0.0816. The minimum atomic E-state index is 0.907. The zero-order chi connectivity index (χ0) is 9.97. The molecule has 82 valence electrons. The molecule has 0 atom stereocenters. The van der Waals surface area contributed by atoms with Gasteiger partial charge < -0.3 is 4.90 Å². The van der Waals surface area contributed by atoms with Crippen molar-refractivity contribution >= 4 is 0 Å². The summed E-state index contributed by atoms with van der Waals surface area (Å²) in [6.45, 7) is 8.87. The van der Waals surface area contributed by atoms with Crippen LogP contribution in [0, 0.1) is 17.8 Å². The van der Waals surface area contributed by atoms with Gasteiger partial charge in [0.25, 0.3) is 0 Å². The summed E-state index contributed by atoms with van der Waals surface area (Å²) < 4.78 is 0. The van der Waals surface area contributed by atoms with Crippen molar-refractivity contribution in [1.29, 1.82) is 0 Å². The van der Waals surface area contributed by atoms with Gasteiger partial charge in [0.2, 0.25) is 0 Å². The lowest BCUT2D eigenvalue weighted by Crippen LogP contribution is -2.43. The molecule has 0 spiro atoms. The molecule has 2 aliphatic rings. The van der Waals surface area contributed by atoms with Crippen LogP contribution >= 0.6 is 0 Å². The second-order valence-corrected chi connectivity index (χ2v) is 5.83. The highest BCUT2D eigenvalue weighted by molar-refractivity contribution is 4.83. The summed E-state index contributed by atoms with van der Waals surface area (Å²) in [7, 11) is 0. The van der Waals surface area contributed by atoms with Gasteiger partial charge in [-0.2, -0.15) is 0 Å². The maximum atomic E-state index is 2.63. The first-order chi connectivity index (χ1) is 6.74. The Labute approximate surface area is 88.9 Å². The van der Waals surface area contributed by atoms with Gasteiger partial charge in [-0.3, -0.25) is 0 Å². The molecule has 0 aromatic carbocycles. The summed E-state index contributed by atoms with van der Waals surface area (Å²) in [5.41, 5.74) is 0. The fourth-order valence-corrected chi connectivity index (χ4v) is 2.76. The third-order valence-electron chi connectivity index (χ3n) is 3.95. The van der Waals surface area contributed by atoms with Gasteiger partial charge in [0, 0.05) is 6.54 Å². The van der Waals surface area contributed by atoms with Gasteiger partial charge in [-0.15, -0.1) is 0 Å². The van der Waals surface area contributed by atoms with Gasteiger partial charge >= 0.3 is 0 Å². The molecule has 2 rings (SSSR count). The first kappa shape index (κ1) is 10.5. The maximum Gasteiger partial charge on any atom is 0.000988 e. The van der Waals surface area contributed by atoms with Crippen molar-refractivity contribution in [3.63, 3.8) is 0 Å². The Morgan fingerprint density at radius 3 is 2.36 bits per heavy atom. The Morgan fingerprint density at radius 2 is 1.86 bits per heavy atom. The minimum absolute atomic E-state index is 0.907. The number of hydrogen-bond acceptors (Lipinski definition) is 1. The third kappa shape index (κ3) is 2.73. The fraction of sp³-hybridized carbons (Fsp3) is 1.00. The van der Waals surface area contributed by atoms with E-state index in [1.807, 2.05) is 0 Å². The van der Waals surface area contributed by atoms with Crippen molar-refractivity contribution < 1.29 is 0 Å². The zero-order valence-corrected chi connectivity index (χ0v) is 9.84. The highest BCUT2D eigenvalue weighted by atomic mass is 15.2. The highest BCUT2D eigenvalue weighted by Crippen LogP contribution is 2.38. The van der Waals surface area contributed by atoms with Crippen molar-refractivity contribution in [2.45, 2.75) is 46.0 Å². The summed E-state index contributed by atoms with van der Waals surface area (Å²) in [6, 6.07) is 0. The second-order valence-electron chi connectivity index (χ2n) is 5.83. The molecule has 1 saturated heterocycles. The molecular formula is C13H25N. The van der Waals surface area contributed by atoms with Gasteiger partial charge in [0.05, 0.1) is 0 Å². The highest BCUT2D eigenvalue weighted by Gasteiger charge is 2.31. The molecule has 2 fully saturated rings. The Morgan fingerprint density at radius 1 is 1.14 bits per heavy atom. The summed E-state index contributed by atoms with van der Waals surface area (Å²) in [6.07, 6.45) is 7.45. The summed E-state index contributed by atoms with van der Waals surface area (Å²) in [5.74, 6) is 3.06. The second kappa shape index (κ2) is 4.65. The van der Waals surface area contributed by atoms with E-state index in [4.69, 9.17) is 0 Å². The summed E-state index contributed by atoms with van der Waals surface area (Å²) in [4.78, 5) is 2.63. The van der Waals surface area contributed by atoms with E-state index in [1.165, 1.54) is 51.7 Å². The quantitative estimate of drug-likeness (QED) is 0.651. The zero-order valence-electron chi connectivity index (χ0n) is 9.84. The molecule has 0 bridgehead atoms. The number of nitrogens with zero attached hydrogens (tertiary/aromatic N) is 1. The predicted molar refractivity (Wildman–Crippen MR) is 61.3 cm³/mol. The molecule has 1 nitrogen and oxygen atoms in total. The van der Waals surface area contributed by atoms with Crippen LogP contribution in [0.3, 0.4) is 0 Å². The van der Waals surface area contributed by atoms with E-state index in [-0.39, 0.29) is 0 Å². The average molecular weight is 195 g/mol. The topological polar surface area (TPSA) is 3.24 Å². The standard InChI is InChI=1S/C13H25N/c1-11(2)4-5-12-8-13(9-12)10-14-6-3-7-14/h11-13H,3-10H2,1-2H3. The Bertz CT molecular complexity index is 166. The largest absolute Gasteiger partial charge is 0.303 e. The van der Waals surface area contributed by atoms with E-state index >= 15 is 0 Å². The lowest BCUT2D eigenvalue weighted by atomic mass is 9.71. The summed E-state index contributed by atoms with van der Waals surface area (Å²) >= 11 is 0. The average Bonchev–Trinajstić information content (AvgIpc) is 1.96. The van der Waals surface area contributed by atoms with E-state index < -0.39 is 0 Å². The summed E-state index contributed by atoms with van der Waals surface area (Å²) in [5, 5.41) is 0. The number of likely N-dealkylation sites (tertiary alicyclic amines) is 1. The molecule has 14 heavy (non-hydrogen) atoms. The van der Waals surface area contributed by atoms with Crippen LogP contribution in [0.5, 0.6) is 0 Å². The Hall–Kier alpha value is -0.0400. The van der Waals surface area contributed by atoms with Gasteiger partial charge in [-0.05, 0) is 50.1 Å². The predicted octanol–water partition coefficient (Wildman–Crippen LogP) is 3.15. The molecule has 1 heterocycles. The maximum absolute atomic E-state index is 2.63. The van der Waals surface area contributed by atoms with E-state index in [1.54, 1.807) is 0 Å². The third-order valence-corrected chi connectivity index (χ3v) is 3.95. The van der Waals surface area contributed by atoms with E-state index in [9.17, 15) is 0 Å². The Kier molecular flexibility index (Phi) is 3.48. The molecule has 1 saturated carbocycles. The first-order valence-corrected chi connectivity index (χ1v) is 6.46. The van der Waals surface area contributed by atoms with Crippen LogP contribution in [-0.2, 0) is 0 Å². The van der Waals surface area contributed by atoms with Crippen molar-refractivity contribution in [3.05, 3.63) is 0 Å². The van der Waals surface area contributed by atoms with E-state index in [2.05, 4.69) is 18.7 Å². The monoisotopic (exact) mass is 195 g/mol. The van der Waals surface area contributed by atoms with Crippen LogP contribution in [0.4, 0.5) is 0 Å². The van der Waals surface area contributed by atoms with Crippen LogP contribution in [0.25, 0.3) is 0 Å². The lowest BCUT2D eigenvalue weighted by Gasteiger charge is -2.41. The molecule has 0 radical (unpaired) electrons. The molecule has 1 aliphatic heterocycles. The van der Waals surface area contributed by atoms with Gasteiger partial charge in [0.1, 0.15) is 0 Å². The van der Waals surface area contributed by atoms with Crippen LogP contribution < -0.4 is 0 Å². The molecule has 0 N–H and O–H groups in total. The van der Waals surface area contributed by atoms with Crippen LogP contribution in [-0.4, -0.2) is 24.5 Å². The molecule has 1 aliphatic carbocycles. The smallest absolute Gasteiger partial charge is 0.000988 e. The van der Waals surface area contributed by atoms with Crippen molar-refractivity contribution in [2.75, 3.05) is 19.6 Å². The van der Waals surface area contributed by atoms with Crippen molar-refractivity contribution in [3.8, 4) is 0 Å². The van der Waals surface area contributed by atoms with Crippen molar-refractivity contribution in [2.24, 2.45) is 17.8 Å². The normalized spacial score (nSPS) is 32.8. The van der Waals surface area contributed by atoms with Crippen LogP contribution in [0.1, 0.15) is 46.0 Å². The SMILES string of the molecule is CC(C)CCC1CC(CN2CCC2)C1. The van der Waals surface area contributed by atoms with Crippen molar-refractivity contribution in [1.82, 2.24) is 4.90 Å². The Balaban J connectivity index is 1.51. The van der Waals surface area contributed by atoms with Crippen LogP contribution in [0.2, 0.25) is 0 Å². The number of hydrogen-bond donors (Lipinski definition) is 0. The molecule has 1 heteroatoms.